The van der Waals surface area contributed by atoms with Crippen LogP contribution in [0.3, 0.4) is 0 Å². The van der Waals surface area contributed by atoms with Crippen molar-refractivity contribution in [2.24, 2.45) is 0 Å². The number of nitrogens with one attached hydrogen (secondary N) is 2. The van der Waals surface area contributed by atoms with Gasteiger partial charge in [0.1, 0.15) is 0 Å². The molecule has 0 aliphatic rings. The highest BCUT2D eigenvalue weighted by Gasteiger charge is 2.14. The van der Waals surface area contributed by atoms with Gasteiger partial charge in [-0.05, 0) is 31.9 Å². The molecule has 1 aromatic rings. The Hall–Kier alpha value is -1.84. The molecule has 4 nitrogen and oxygen atoms in total. The van der Waals surface area contributed by atoms with Crippen molar-refractivity contribution < 1.29 is 9.59 Å². The Kier molecular flexibility index (Phi) is 8.26. The molecule has 0 spiro atoms. The van der Waals surface area contributed by atoms with E-state index in [-0.39, 0.29) is 17.9 Å². The summed E-state index contributed by atoms with van der Waals surface area (Å²) in [6.45, 7) is 6.13. The summed E-state index contributed by atoms with van der Waals surface area (Å²) in [5.41, 5.74) is 1.11. The normalized spacial score (nSPS) is 11.8. The van der Waals surface area contributed by atoms with Gasteiger partial charge in [-0.3, -0.25) is 9.59 Å². The fourth-order valence-corrected chi connectivity index (χ4v) is 2.12. The predicted octanol–water partition coefficient (Wildman–Crippen LogP) is 4.12. The Labute approximate surface area is 133 Å². The number of hydrogen-bond acceptors (Lipinski definition) is 2. The highest BCUT2D eigenvalue weighted by atomic mass is 16.2. The molecule has 0 aliphatic carbocycles. The van der Waals surface area contributed by atoms with Gasteiger partial charge in [-0.1, -0.05) is 45.2 Å². The van der Waals surface area contributed by atoms with Crippen LogP contribution in [0.4, 0.5) is 5.69 Å². The summed E-state index contributed by atoms with van der Waals surface area (Å²) in [5, 5.41) is 5.79. The summed E-state index contributed by atoms with van der Waals surface area (Å²) in [5.74, 6) is -0.170. The van der Waals surface area contributed by atoms with Gasteiger partial charge in [0.25, 0.3) is 5.91 Å². The van der Waals surface area contributed by atoms with Gasteiger partial charge >= 0.3 is 0 Å². The van der Waals surface area contributed by atoms with Gasteiger partial charge in [0.05, 0.1) is 11.3 Å². The van der Waals surface area contributed by atoms with Crippen molar-refractivity contribution in [2.75, 3.05) is 5.32 Å². The Bertz CT molecular complexity index is 486. The summed E-state index contributed by atoms with van der Waals surface area (Å²) in [7, 11) is 0. The fourth-order valence-electron chi connectivity index (χ4n) is 2.12. The molecule has 0 heterocycles. The zero-order valence-electron chi connectivity index (χ0n) is 13.9. The average Bonchev–Trinajstić information content (AvgIpc) is 2.51. The molecular formula is C18H28N2O2. The first kappa shape index (κ1) is 18.2. The van der Waals surface area contributed by atoms with Gasteiger partial charge < -0.3 is 10.6 Å². The maximum absolute atomic E-state index is 12.3. The summed E-state index contributed by atoms with van der Waals surface area (Å²) in [6, 6.07) is 7.26. The van der Waals surface area contributed by atoms with Crippen molar-refractivity contribution in [3.63, 3.8) is 0 Å². The lowest BCUT2D eigenvalue weighted by Crippen LogP contribution is -2.32. The number of amides is 2. The van der Waals surface area contributed by atoms with E-state index in [0.29, 0.717) is 17.7 Å². The van der Waals surface area contributed by atoms with Crippen LogP contribution in [0.1, 0.15) is 69.7 Å². The number of anilines is 1. The van der Waals surface area contributed by atoms with Crippen LogP contribution in [0.5, 0.6) is 0 Å². The van der Waals surface area contributed by atoms with E-state index >= 15 is 0 Å². The molecule has 4 heteroatoms. The number of carbonyl (C=O) groups is 2. The molecule has 122 valence electrons. The van der Waals surface area contributed by atoms with Gasteiger partial charge in [0.2, 0.25) is 5.91 Å². The highest BCUT2D eigenvalue weighted by molar-refractivity contribution is 6.03. The zero-order valence-corrected chi connectivity index (χ0v) is 13.9. The van der Waals surface area contributed by atoms with E-state index in [1.54, 1.807) is 12.1 Å². The smallest absolute Gasteiger partial charge is 0.253 e. The summed E-state index contributed by atoms with van der Waals surface area (Å²) < 4.78 is 0. The van der Waals surface area contributed by atoms with Crippen molar-refractivity contribution in [1.29, 1.82) is 0 Å². The van der Waals surface area contributed by atoms with Crippen molar-refractivity contribution in [2.45, 2.75) is 65.3 Å². The first-order valence-corrected chi connectivity index (χ1v) is 8.28. The van der Waals surface area contributed by atoms with E-state index in [1.807, 2.05) is 26.0 Å². The summed E-state index contributed by atoms with van der Waals surface area (Å²) >= 11 is 0. The molecule has 1 rings (SSSR count). The van der Waals surface area contributed by atoms with E-state index in [1.165, 1.54) is 0 Å². The van der Waals surface area contributed by atoms with Gasteiger partial charge in [-0.25, -0.2) is 0 Å². The summed E-state index contributed by atoms with van der Waals surface area (Å²) in [4.78, 5) is 24.2. The van der Waals surface area contributed by atoms with Crippen LogP contribution < -0.4 is 10.6 Å². The molecule has 1 atom stereocenters. The maximum atomic E-state index is 12.3. The van der Waals surface area contributed by atoms with Gasteiger partial charge in [-0.2, -0.15) is 0 Å². The fraction of sp³-hybridized carbons (Fsp3) is 0.556. The number of benzene rings is 1. The van der Waals surface area contributed by atoms with Gasteiger partial charge in [0, 0.05) is 12.5 Å². The van der Waals surface area contributed by atoms with Crippen LogP contribution in [0.15, 0.2) is 24.3 Å². The van der Waals surface area contributed by atoms with E-state index in [2.05, 4.69) is 17.6 Å². The van der Waals surface area contributed by atoms with E-state index in [0.717, 1.165) is 32.1 Å². The zero-order chi connectivity index (χ0) is 16.4. The highest BCUT2D eigenvalue weighted by Crippen LogP contribution is 2.16. The average molecular weight is 304 g/mol. The minimum absolute atomic E-state index is 0.0279. The Morgan fingerprint density at radius 1 is 1.09 bits per heavy atom. The summed E-state index contributed by atoms with van der Waals surface area (Å²) in [6.07, 6.45) is 5.64. The lowest BCUT2D eigenvalue weighted by atomic mass is 10.1. The van der Waals surface area contributed by atoms with Gasteiger partial charge in [0.15, 0.2) is 0 Å². The van der Waals surface area contributed by atoms with Crippen LogP contribution >= 0.6 is 0 Å². The number of para-hydroxylation sites is 1. The van der Waals surface area contributed by atoms with Crippen LogP contribution in [0.25, 0.3) is 0 Å². The third kappa shape index (κ3) is 6.29. The lowest BCUT2D eigenvalue weighted by molar-refractivity contribution is -0.116. The van der Waals surface area contributed by atoms with E-state index in [4.69, 9.17) is 0 Å². The number of unbranched alkanes of at least 4 members (excludes halogenated alkanes) is 3. The quantitative estimate of drug-likeness (QED) is 0.674. The minimum Gasteiger partial charge on any atom is -0.350 e. The molecule has 2 amide bonds. The second-order valence-electron chi connectivity index (χ2n) is 5.69. The van der Waals surface area contributed by atoms with Crippen LogP contribution in [0, 0.1) is 0 Å². The second-order valence-corrected chi connectivity index (χ2v) is 5.69. The van der Waals surface area contributed by atoms with Crippen molar-refractivity contribution in [3.05, 3.63) is 29.8 Å². The molecule has 0 fully saturated rings. The van der Waals surface area contributed by atoms with Crippen LogP contribution in [-0.2, 0) is 4.79 Å². The molecule has 1 aromatic carbocycles. The third-order valence-electron chi connectivity index (χ3n) is 3.69. The van der Waals surface area contributed by atoms with Crippen LogP contribution in [0.2, 0.25) is 0 Å². The largest absolute Gasteiger partial charge is 0.350 e. The monoisotopic (exact) mass is 304 g/mol. The number of carbonyl (C=O) groups excluding carboxylic acids is 2. The lowest BCUT2D eigenvalue weighted by Gasteiger charge is -2.14. The maximum Gasteiger partial charge on any atom is 0.253 e. The van der Waals surface area contributed by atoms with E-state index in [9.17, 15) is 9.59 Å². The first-order valence-electron chi connectivity index (χ1n) is 8.28. The Morgan fingerprint density at radius 3 is 2.50 bits per heavy atom. The first-order chi connectivity index (χ1) is 10.6. The number of rotatable bonds is 9. The molecule has 0 saturated carbocycles. The van der Waals surface area contributed by atoms with Gasteiger partial charge in [-0.15, -0.1) is 0 Å². The second kappa shape index (κ2) is 9.98. The molecular weight excluding hydrogens is 276 g/mol. The SMILES string of the molecule is CCCCCCC(=O)Nc1ccccc1C(=O)NC(C)CC. The van der Waals surface area contributed by atoms with Crippen molar-refractivity contribution in [1.82, 2.24) is 5.32 Å². The van der Waals surface area contributed by atoms with Crippen LogP contribution in [-0.4, -0.2) is 17.9 Å². The molecule has 22 heavy (non-hydrogen) atoms. The Balaban J connectivity index is 2.63. The molecule has 0 bridgehead atoms. The number of hydrogen-bond donors (Lipinski definition) is 2. The minimum atomic E-state index is -0.142. The third-order valence-corrected chi connectivity index (χ3v) is 3.69. The standard InChI is InChI=1S/C18H28N2O2/c1-4-6-7-8-13-17(21)20-16-12-10-9-11-15(16)18(22)19-14(3)5-2/h9-12,14H,4-8,13H2,1-3H3,(H,19,22)(H,20,21). The molecule has 2 N–H and O–H groups in total. The molecule has 0 aliphatic heterocycles. The molecule has 1 unspecified atom stereocenters. The van der Waals surface area contributed by atoms with Crippen molar-refractivity contribution >= 4 is 17.5 Å². The Morgan fingerprint density at radius 2 is 1.82 bits per heavy atom. The van der Waals surface area contributed by atoms with Crippen molar-refractivity contribution in [3.8, 4) is 0 Å². The topological polar surface area (TPSA) is 58.2 Å². The molecule has 0 saturated heterocycles. The van der Waals surface area contributed by atoms with E-state index < -0.39 is 0 Å². The molecule has 0 aromatic heterocycles. The molecule has 0 radical (unpaired) electrons. The predicted molar refractivity (Wildman–Crippen MR) is 91.0 cm³/mol.